The number of nitrogens with one attached hydrogen (secondary N) is 1. The molecule has 17 heavy (non-hydrogen) atoms. The summed E-state index contributed by atoms with van der Waals surface area (Å²) in [4.78, 5) is 23.2. The van der Waals surface area contributed by atoms with Gasteiger partial charge in [0, 0.05) is 6.04 Å². The van der Waals surface area contributed by atoms with Crippen molar-refractivity contribution in [3.63, 3.8) is 0 Å². The van der Waals surface area contributed by atoms with Gasteiger partial charge in [-0.05, 0) is 25.2 Å². The molecule has 2 bridgehead atoms. The smallest absolute Gasteiger partial charge is 0.307 e. The van der Waals surface area contributed by atoms with Gasteiger partial charge in [0.1, 0.15) is 0 Å². The molecule has 0 heterocycles. The number of hydrogen-bond donors (Lipinski definition) is 3. The van der Waals surface area contributed by atoms with Gasteiger partial charge in [0.2, 0.25) is 5.91 Å². The Labute approximate surface area is 99.5 Å². The van der Waals surface area contributed by atoms with Crippen LogP contribution < -0.4 is 5.32 Å². The Morgan fingerprint density at radius 1 is 1.35 bits per heavy atom. The molecule has 5 atom stereocenters. The normalized spacial score (nSPS) is 35.9. The van der Waals surface area contributed by atoms with Crippen molar-refractivity contribution in [2.75, 3.05) is 6.61 Å². The van der Waals surface area contributed by atoms with Crippen LogP contribution in [-0.2, 0) is 9.59 Å². The Kier molecular flexibility index (Phi) is 3.19. The summed E-state index contributed by atoms with van der Waals surface area (Å²) in [6.07, 6.45) is 4.60. The fraction of sp³-hybridized carbons (Fsp3) is 0.667. The van der Waals surface area contributed by atoms with Crippen LogP contribution >= 0.6 is 0 Å². The first-order valence-electron chi connectivity index (χ1n) is 5.87. The van der Waals surface area contributed by atoms with Crippen molar-refractivity contribution >= 4 is 11.9 Å². The van der Waals surface area contributed by atoms with Gasteiger partial charge in [0.25, 0.3) is 0 Å². The maximum atomic E-state index is 12.0. The molecule has 2 aliphatic carbocycles. The quantitative estimate of drug-likeness (QED) is 0.603. The Morgan fingerprint density at radius 3 is 2.47 bits per heavy atom. The minimum absolute atomic E-state index is 0.0160. The first-order chi connectivity index (χ1) is 8.04. The number of carbonyl (C=O) groups excluding carboxylic acids is 1. The molecule has 4 unspecified atom stereocenters. The highest BCUT2D eigenvalue weighted by atomic mass is 16.4. The number of carbonyl (C=O) groups is 2. The number of aliphatic hydroxyl groups excluding tert-OH is 1. The molecule has 0 aromatic rings. The molecule has 5 nitrogen and oxygen atoms in total. The third kappa shape index (κ3) is 2.07. The number of hydrogen-bond acceptors (Lipinski definition) is 3. The molecular weight excluding hydrogens is 222 g/mol. The number of aliphatic carboxylic acids is 1. The van der Waals surface area contributed by atoms with Crippen LogP contribution in [-0.4, -0.2) is 34.7 Å². The van der Waals surface area contributed by atoms with Crippen molar-refractivity contribution in [2.45, 2.75) is 19.4 Å². The highest BCUT2D eigenvalue weighted by molar-refractivity contribution is 5.87. The van der Waals surface area contributed by atoms with Crippen LogP contribution in [0.25, 0.3) is 0 Å². The Hall–Kier alpha value is -1.36. The summed E-state index contributed by atoms with van der Waals surface area (Å²) in [6, 6.07) is -0.333. The standard InChI is InChI=1S/C12H17NO4/c1-6(5-14)13-11(15)9-7-2-3-8(4-7)10(9)12(16)17/h2-3,6-10,14H,4-5H2,1H3,(H,13,15)(H,16,17)/t6-,7?,8?,9?,10?/m1/s1. The van der Waals surface area contributed by atoms with Crippen molar-refractivity contribution in [3.8, 4) is 0 Å². The zero-order valence-electron chi connectivity index (χ0n) is 9.67. The molecule has 2 aliphatic rings. The van der Waals surface area contributed by atoms with E-state index in [1.165, 1.54) is 0 Å². The molecule has 5 heteroatoms. The zero-order valence-corrected chi connectivity index (χ0v) is 9.67. The van der Waals surface area contributed by atoms with Crippen LogP contribution in [0.3, 0.4) is 0 Å². The van der Waals surface area contributed by atoms with Gasteiger partial charge in [-0.2, -0.15) is 0 Å². The monoisotopic (exact) mass is 239 g/mol. The maximum Gasteiger partial charge on any atom is 0.307 e. The van der Waals surface area contributed by atoms with Gasteiger partial charge in [-0.3, -0.25) is 9.59 Å². The van der Waals surface area contributed by atoms with Crippen LogP contribution in [0.1, 0.15) is 13.3 Å². The summed E-state index contributed by atoms with van der Waals surface area (Å²) >= 11 is 0. The van der Waals surface area contributed by atoms with Gasteiger partial charge in [0.05, 0.1) is 18.4 Å². The van der Waals surface area contributed by atoms with Gasteiger partial charge in [-0.25, -0.2) is 0 Å². The molecule has 2 rings (SSSR count). The third-order valence-corrected chi connectivity index (χ3v) is 3.71. The summed E-state index contributed by atoms with van der Waals surface area (Å²) in [5, 5.41) is 20.7. The molecular formula is C12H17NO4. The highest BCUT2D eigenvalue weighted by Gasteiger charge is 2.51. The van der Waals surface area contributed by atoms with Crippen LogP contribution in [0, 0.1) is 23.7 Å². The number of carboxylic acid groups (broad SMARTS) is 1. The first kappa shape index (κ1) is 12.1. The van der Waals surface area contributed by atoms with Crippen molar-refractivity contribution in [1.29, 1.82) is 0 Å². The number of carboxylic acids is 1. The fourth-order valence-electron chi connectivity index (χ4n) is 2.90. The number of allylic oxidation sites excluding steroid dienone is 2. The van der Waals surface area contributed by atoms with Crippen molar-refractivity contribution in [3.05, 3.63) is 12.2 Å². The van der Waals surface area contributed by atoms with E-state index in [9.17, 15) is 14.7 Å². The lowest BCUT2D eigenvalue weighted by Crippen LogP contribution is -2.44. The number of rotatable bonds is 4. The van der Waals surface area contributed by atoms with E-state index in [-0.39, 0.29) is 30.4 Å². The van der Waals surface area contributed by atoms with E-state index in [0.717, 1.165) is 6.42 Å². The molecule has 1 saturated carbocycles. The molecule has 3 N–H and O–H groups in total. The van der Waals surface area contributed by atoms with Crippen molar-refractivity contribution < 1.29 is 19.8 Å². The largest absolute Gasteiger partial charge is 0.481 e. The van der Waals surface area contributed by atoms with E-state index < -0.39 is 17.8 Å². The molecule has 1 amide bonds. The second-order valence-corrected chi connectivity index (χ2v) is 4.93. The summed E-state index contributed by atoms with van der Waals surface area (Å²) < 4.78 is 0. The molecule has 0 aromatic carbocycles. The van der Waals surface area contributed by atoms with E-state index in [1.54, 1.807) is 6.92 Å². The van der Waals surface area contributed by atoms with Gasteiger partial charge >= 0.3 is 5.97 Å². The Morgan fingerprint density at radius 2 is 1.94 bits per heavy atom. The summed E-state index contributed by atoms with van der Waals surface area (Å²) in [7, 11) is 0. The molecule has 0 spiro atoms. The molecule has 0 saturated heterocycles. The number of fused-ring (bicyclic) bond motifs is 2. The molecule has 0 radical (unpaired) electrons. The number of amides is 1. The van der Waals surface area contributed by atoms with Gasteiger partial charge < -0.3 is 15.5 Å². The predicted octanol–water partition coefficient (Wildman–Crippen LogP) is 0.00630. The molecule has 0 aliphatic heterocycles. The molecule has 94 valence electrons. The maximum absolute atomic E-state index is 12.0. The predicted molar refractivity (Wildman–Crippen MR) is 60.0 cm³/mol. The molecule has 1 fully saturated rings. The Balaban J connectivity index is 2.11. The van der Waals surface area contributed by atoms with Gasteiger partial charge in [-0.15, -0.1) is 0 Å². The topological polar surface area (TPSA) is 86.6 Å². The zero-order chi connectivity index (χ0) is 12.6. The fourth-order valence-corrected chi connectivity index (χ4v) is 2.90. The van der Waals surface area contributed by atoms with Crippen LogP contribution in [0.4, 0.5) is 0 Å². The average Bonchev–Trinajstić information content (AvgIpc) is 2.87. The lowest BCUT2D eigenvalue weighted by atomic mass is 9.82. The second kappa shape index (κ2) is 4.49. The summed E-state index contributed by atoms with van der Waals surface area (Å²) in [5.74, 6) is -2.24. The summed E-state index contributed by atoms with van der Waals surface area (Å²) in [6.45, 7) is 1.55. The van der Waals surface area contributed by atoms with Crippen LogP contribution in [0.2, 0.25) is 0 Å². The third-order valence-electron chi connectivity index (χ3n) is 3.71. The Bertz CT molecular complexity index is 366. The first-order valence-corrected chi connectivity index (χ1v) is 5.87. The second-order valence-electron chi connectivity index (χ2n) is 4.93. The average molecular weight is 239 g/mol. The number of aliphatic hydroxyl groups is 1. The minimum Gasteiger partial charge on any atom is -0.481 e. The van der Waals surface area contributed by atoms with Gasteiger partial charge in [0.15, 0.2) is 0 Å². The van der Waals surface area contributed by atoms with E-state index >= 15 is 0 Å². The van der Waals surface area contributed by atoms with E-state index in [0.29, 0.717) is 0 Å². The highest BCUT2D eigenvalue weighted by Crippen LogP contribution is 2.48. The molecule has 0 aromatic heterocycles. The lowest BCUT2D eigenvalue weighted by molar-refractivity contribution is -0.148. The summed E-state index contributed by atoms with van der Waals surface area (Å²) in [5.41, 5.74) is 0. The minimum atomic E-state index is -0.904. The SMILES string of the molecule is C[C@H](CO)NC(=O)C1C2C=CC(C2)C1C(=O)O. The van der Waals surface area contributed by atoms with Crippen molar-refractivity contribution in [2.24, 2.45) is 23.7 Å². The van der Waals surface area contributed by atoms with Gasteiger partial charge in [-0.1, -0.05) is 12.2 Å². The van der Waals surface area contributed by atoms with E-state index in [1.807, 2.05) is 12.2 Å². The van der Waals surface area contributed by atoms with Crippen molar-refractivity contribution in [1.82, 2.24) is 5.32 Å². The lowest BCUT2D eigenvalue weighted by Gasteiger charge is -2.25. The van der Waals surface area contributed by atoms with Crippen LogP contribution in [0.15, 0.2) is 12.2 Å². The van der Waals surface area contributed by atoms with Crippen LogP contribution in [0.5, 0.6) is 0 Å². The van der Waals surface area contributed by atoms with E-state index in [2.05, 4.69) is 5.32 Å². The van der Waals surface area contributed by atoms with E-state index in [4.69, 9.17) is 5.11 Å².